The van der Waals surface area contributed by atoms with Crippen LogP contribution in [0.15, 0.2) is 18.2 Å². The summed E-state index contributed by atoms with van der Waals surface area (Å²) >= 11 is 6.87. The minimum atomic E-state index is -4.72. The van der Waals surface area contributed by atoms with Crippen LogP contribution in [0.1, 0.15) is 30.1 Å². The minimum absolute atomic E-state index is 0.0267. The number of nitrogens with one attached hydrogen (secondary N) is 1. The smallest absolute Gasteiger partial charge is 0.314 e. The molecule has 0 aliphatic heterocycles. The highest BCUT2D eigenvalue weighted by molar-refractivity contribution is 7.16. The van der Waals surface area contributed by atoms with Crippen LogP contribution in [0, 0.1) is 18.6 Å². The number of anilines is 2. The first-order valence-corrected chi connectivity index (χ1v) is 10.8. The van der Waals surface area contributed by atoms with E-state index in [1.54, 1.807) is 0 Å². The summed E-state index contributed by atoms with van der Waals surface area (Å²) in [5, 5.41) is 2.51. The van der Waals surface area contributed by atoms with Crippen LogP contribution >= 0.6 is 22.9 Å². The molecule has 1 N–H and O–H groups in total. The highest BCUT2D eigenvalue weighted by Crippen LogP contribution is 2.38. The van der Waals surface area contributed by atoms with Gasteiger partial charge in [0.2, 0.25) is 5.82 Å². The number of benzene rings is 1. The maximum absolute atomic E-state index is 14.3. The number of halogens is 6. The Hall–Kier alpha value is -2.37. The van der Waals surface area contributed by atoms with Crippen molar-refractivity contribution < 1.29 is 22.0 Å². The molecule has 2 heterocycles. The van der Waals surface area contributed by atoms with Gasteiger partial charge in [-0.2, -0.15) is 17.6 Å². The summed E-state index contributed by atoms with van der Waals surface area (Å²) in [6.45, 7) is 7.14. The molecule has 0 amide bonds. The van der Waals surface area contributed by atoms with Crippen molar-refractivity contribution in [2.45, 2.75) is 33.5 Å². The van der Waals surface area contributed by atoms with Gasteiger partial charge in [-0.15, -0.1) is 0 Å². The number of alkyl halides is 3. The molecule has 0 saturated carbocycles. The Labute approximate surface area is 190 Å². The van der Waals surface area contributed by atoms with Crippen molar-refractivity contribution in [3.05, 3.63) is 51.3 Å². The summed E-state index contributed by atoms with van der Waals surface area (Å²) in [5.41, 5.74) is -0.971. The van der Waals surface area contributed by atoms with E-state index in [-0.39, 0.29) is 33.2 Å². The molecule has 3 rings (SSSR count). The zero-order valence-electron chi connectivity index (χ0n) is 17.3. The third kappa shape index (κ3) is 5.51. The zero-order valence-corrected chi connectivity index (χ0v) is 18.9. The van der Waals surface area contributed by atoms with Crippen molar-refractivity contribution in [1.29, 1.82) is 0 Å². The van der Waals surface area contributed by atoms with Crippen molar-refractivity contribution in [3.8, 4) is 11.3 Å². The molecule has 0 saturated heterocycles. The third-order valence-corrected chi connectivity index (χ3v) is 5.81. The van der Waals surface area contributed by atoms with Crippen molar-refractivity contribution in [1.82, 2.24) is 19.9 Å². The van der Waals surface area contributed by atoms with Gasteiger partial charge >= 0.3 is 6.18 Å². The summed E-state index contributed by atoms with van der Waals surface area (Å²) in [5.74, 6) is -1.91. The average molecular weight is 492 g/mol. The van der Waals surface area contributed by atoms with Crippen LogP contribution in [0.3, 0.4) is 0 Å². The molecule has 1 aromatic carbocycles. The van der Waals surface area contributed by atoms with E-state index in [0.29, 0.717) is 30.6 Å². The SMILES string of the molecule is CCN(CC)Cc1sc(Nc2nc(C)nc(Cl)c2F)nc1-c1cc(F)cc(C(F)(F)F)c1. The van der Waals surface area contributed by atoms with Crippen LogP contribution in [-0.4, -0.2) is 32.9 Å². The Bertz CT molecular complexity index is 1110. The molecule has 0 unspecified atom stereocenters. The number of aromatic nitrogens is 3. The Balaban J connectivity index is 2.09. The van der Waals surface area contributed by atoms with E-state index in [2.05, 4.69) is 20.3 Å². The number of thiazole rings is 1. The van der Waals surface area contributed by atoms with Crippen LogP contribution < -0.4 is 5.32 Å². The van der Waals surface area contributed by atoms with Crippen molar-refractivity contribution in [2.75, 3.05) is 18.4 Å². The molecule has 0 spiro atoms. The van der Waals surface area contributed by atoms with E-state index in [4.69, 9.17) is 11.6 Å². The molecule has 0 aliphatic rings. The molecule has 3 aromatic rings. The van der Waals surface area contributed by atoms with Crippen LogP contribution in [-0.2, 0) is 12.7 Å². The average Bonchev–Trinajstić information content (AvgIpc) is 3.11. The molecule has 0 atom stereocenters. The van der Waals surface area contributed by atoms with E-state index in [0.717, 1.165) is 23.5 Å². The fourth-order valence-electron chi connectivity index (χ4n) is 2.99. The molecule has 0 radical (unpaired) electrons. The third-order valence-electron chi connectivity index (χ3n) is 4.61. The lowest BCUT2D eigenvalue weighted by Gasteiger charge is -2.17. The zero-order chi connectivity index (χ0) is 23.6. The fourth-order valence-corrected chi connectivity index (χ4v) is 4.22. The van der Waals surface area contributed by atoms with Gasteiger partial charge in [-0.05, 0) is 38.2 Å². The summed E-state index contributed by atoms with van der Waals surface area (Å²) in [6.07, 6.45) is -4.72. The molecule has 12 heteroatoms. The van der Waals surface area contributed by atoms with Crippen molar-refractivity contribution in [2.24, 2.45) is 0 Å². The second-order valence-corrected chi connectivity index (χ2v) is 8.27. The van der Waals surface area contributed by atoms with Gasteiger partial charge in [0, 0.05) is 17.0 Å². The molecule has 32 heavy (non-hydrogen) atoms. The van der Waals surface area contributed by atoms with E-state index in [9.17, 15) is 22.0 Å². The van der Waals surface area contributed by atoms with Gasteiger partial charge in [0.15, 0.2) is 16.1 Å². The second-order valence-electron chi connectivity index (χ2n) is 6.83. The quantitative estimate of drug-likeness (QED) is 0.304. The lowest BCUT2D eigenvalue weighted by molar-refractivity contribution is -0.137. The monoisotopic (exact) mass is 491 g/mol. The van der Waals surface area contributed by atoms with Crippen LogP contribution in [0.25, 0.3) is 11.3 Å². The molecular formula is C20H19ClF5N5S. The first-order valence-electron chi connectivity index (χ1n) is 9.58. The van der Waals surface area contributed by atoms with Gasteiger partial charge in [-0.3, -0.25) is 4.90 Å². The molecule has 0 aliphatic carbocycles. The summed E-state index contributed by atoms with van der Waals surface area (Å²) in [6, 6.07) is 2.27. The van der Waals surface area contributed by atoms with Gasteiger partial charge < -0.3 is 5.32 Å². The standard InChI is InChI=1S/C20H19ClF5N5S/c1-4-31(5-2)9-14-16(11-6-12(20(24,25)26)8-13(22)7-11)29-19(32-14)30-18-15(23)17(21)27-10(3)28-18/h6-8H,4-5,9H2,1-3H3,(H,27,28,29,30). The van der Waals surface area contributed by atoms with Gasteiger partial charge in [0.25, 0.3) is 0 Å². The maximum Gasteiger partial charge on any atom is 0.416 e. The first-order chi connectivity index (χ1) is 15.0. The topological polar surface area (TPSA) is 53.9 Å². The minimum Gasteiger partial charge on any atom is -0.314 e. The largest absolute Gasteiger partial charge is 0.416 e. The van der Waals surface area contributed by atoms with E-state index >= 15 is 0 Å². The predicted molar refractivity (Wildman–Crippen MR) is 114 cm³/mol. The molecule has 2 aromatic heterocycles. The number of rotatable bonds is 7. The first kappa shape index (κ1) is 24.3. The summed E-state index contributed by atoms with van der Waals surface area (Å²) in [7, 11) is 0. The molecule has 0 fully saturated rings. The highest BCUT2D eigenvalue weighted by Gasteiger charge is 2.32. The molecular weight excluding hydrogens is 473 g/mol. The van der Waals surface area contributed by atoms with Crippen LogP contribution in [0.2, 0.25) is 5.15 Å². The van der Waals surface area contributed by atoms with E-state index in [1.165, 1.54) is 6.92 Å². The molecule has 0 bridgehead atoms. The van der Waals surface area contributed by atoms with Gasteiger partial charge in [-0.25, -0.2) is 19.3 Å². The van der Waals surface area contributed by atoms with Crippen molar-refractivity contribution >= 4 is 33.9 Å². The number of nitrogens with zero attached hydrogens (tertiary/aromatic N) is 4. The van der Waals surface area contributed by atoms with Gasteiger partial charge in [0.1, 0.15) is 11.6 Å². The normalized spacial score (nSPS) is 11.9. The maximum atomic E-state index is 14.3. The Morgan fingerprint density at radius 1 is 1.06 bits per heavy atom. The number of aryl methyl sites for hydroxylation is 1. The highest BCUT2D eigenvalue weighted by atomic mass is 35.5. The van der Waals surface area contributed by atoms with Crippen LogP contribution in [0.5, 0.6) is 0 Å². The molecule has 5 nitrogen and oxygen atoms in total. The predicted octanol–water partition coefficient (Wildman–Crippen LogP) is 6.44. The van der Waals surface area contributed by atoms with Crippen LogP contribution in [0.4, 0.5) is 32.9 Å². The van der Waals surface area contributed by atoms with Crippen molar-refractivity contribution in [3.63, 3.8) is 0 Å². The van der Waals surface area contributed by atoms with Gasteiger partial charge in [-0.1, -0.05) is 36.8 Å². The Morgan fingerprint density at radius 2 is 1.75 bits per heavy atom. The number of hydrogen-bond donors (Lipinski definition) is 1. The Kier molecular flexibility index (Phi) is 7.31. The van der Waals surface area contributed by atoms with E-state index < -0.39 is 23.4 Å². The lowest BCUT2D eigenvalue weighted by atomic mass is 10.1. The fraction of sp³-hybridized carbons (Fsp3) is 0.350. The molecule has 172 valence electrons. The summed E-state index contributed by atoms with van der Waals surface area (Å²) in [4.78, 5) is 14.6. The lowest BCUT2D eigenvalue weighted by Crippen LogP contribution is -2.21. The summed E-state index contributed by atoms with van der Waals surface area (Å²) < 4.78 is 68.0. The Morgan fingerprint density at radius 3 is 2.38 bits per heavy atom. The van der Waals surface area contributed by atoms with E-state index in [1.807, 2.05) is 18.7 Å². The number of hydrogen-bond acceptors (Lipinski definition) is 6. The van der Waals surface area contributed by atoms with Gasteiger partial charge in [0.05, 0.1) is 11.3 Å². The second kappa shape index (κ2) is 9.63.